The molecule has 19 heavy (non-hydrogen) atoms. The Morgan fingerprint density at radius 3 is 2.42 bits per heavy atom. The molecule has 0 saturated carbocycles. The Morgan fingerprint density at radius 2 is 1.84 bits per heavy atom. The molecule has 0 aliphatic carbocycles. The number of benzene rings is 1. The number of rotatable bonds is 1. The molecule has 0 unspecified atom stereocenters. The number of likely N-dealkylation sites (tertiary alicyclic amines) is 1. The zero-order valence-electron chi connectivity index (χ0n) is 12.2. The van der Waals surface area contributed by atoms with Crippen LogP contribution in [0.15, 0.2) is 30.3 Å². The topological polar surface area (TPSA) is 29.5 Å². The van der Waals surface area contributed by atoms with Crippen molar-refractivity contribution in [2.24, 2.45) is 0 Å². The highest BCUT2D eigenvalue weighted by Gasteiger charge is 2.37. The fourth-order valence-electron chi connectivity index (χ4n) is 2.61. The van der Waals surface area contributed by atoms with Gasteiger partial charge in [0.1, 0.15) is 5.60 Å². The van der Waals surface area contributed by atoms with Gasteiger partial charge >= 0.3 is 6.09 Å². The SMILES string of the molecule is C[C@@H]1CC[C@H](c2ccccc2)N1C(=O)OC(C)(C)C. The van der Waals surface area contributed by atoms with Crippen molar-refractivity contribution < 1.29 is 9.53 Å². The normalized spacial score (nSPS) is 23.5. The standard InChI is InChI=1S/C16H23NO2/c1-12-10-11-14(13-8-6-5-7-9-13)17(12)15(18)19-16(2,3)4/h5-9,12,14H,10-11H2,1-4H3/t12-,14-/m1/s1. The summed E-state index contributed by atoms with van der Waals surface area (Å²) < 4.78 is 5.53. The lowest BCUT2D eigenvalue weighted by molar-refractivity contribution is 0.0158. The molecule has 2 rings (SSSR count). The third-order valence-corrected chi connectivity index (χ3v) is 3.46. The van der Waals surface area contributed by atoms with Crippen molar-refractivity contribution in [2.75, 3.05) is 0 Å². The lowest BCUT2D eigenvalue weighted by Crippen LogP contribution is -2.40. The maximum Gasteiger partial charge on any atom is 0.411 e. The molecule has 1 saturated heterocycles. The minimum Gasteiger partial charge on any atom is -0.444 e. The molecular formula is C16H23NO2. The van der Waals surface area contributed by atoms with Crippen LogP contribution in [0.4, 0.5) is 4.79 Å². The van der Waals surface area contributed by atoms with E-state index in [4.69, 9.17) is 4.74 Å². The van der Waals surface area contributed by atoms with Crippen LogP contribution < -0.4 is 0 Å². The summed E-state index contributed by atoms with van der Waals surface area (Å²) in [4.78, 5) is 14.2. The molecule has 104 valence electrons. The van der Waals surface area contributed by atoms with Crippen LogP contribution in [0.3, 0.4) is 0 Å². The Kier molecular flexibility index (Phi) is 3.83. The van der Waals surface area contributed by atoms with E-state index in [9.17, 15) is 4.79 Å². The van der Waals surface area contributed by atoms with Gasteiger partial charge in [-0.05, 0) is 46.1 Å². The van der Waals surface area contributed by atoms with Gasteiger partial charge in [-0.2, -0.15) is 0 Å². The predicted molar refractivity (Wildman–Crippen MR) is 76.0 cm³/mol. The van der Waals surface area contributed by atoms with Crippen molar-refractivity contribution in [3.8, 4) is 0 Å². The van der Waals surface area contributed by atoms with Gasteiger partial charge in [0.05, 0.1) is 6.04 Å². The highest BCUT2D eigenvalue weighted by atomic mass is 16.6. The Morgan fingerprint density at radius 1 is 1.21 bits per heavy atom. The Labute approximate surface area is 115 Å². The van der Waals surface area contributed by atoms with E-state index in [0.717, 1.165) is 12.8 Å². The molecule has 1 fully saturated rings. The monoisotopic (exact) mass is 261 g/mol. The van der Waals surface area contributed by atoms with Crippen molar-refractivity contribution in [1.29, 1.82) is 0 Å². The summed E-state index contributed by atoms with van der Waals surface area (Å²) in [6.45, 7) is 7.81. The number of hydrogen-bond acceptors (Lipinski definition) is 2. The lowest BCUT2D eigenvalue weighted by Gasteiger charge is -2.31. The largest absolute Gasteiger partial charge is 0.444 e. The predicted octanol–water partition coefficient (Wildman–Crippen LogP) is 4.15. The first kappa shape index (κ1) is 13.9. The second-order valence-corrected chi connectivity index (χ2v) is 6.24. The first-order chi connectivity index (χ1) is 8.88. The van der Waals surface area contributed by atoms with Crippen LogP contribution in [-0.2, 0) is 4.74 Å². The molecule has 1 aromatic rings. The zero-order chi connectivity index (χ0) is 14.0. The minimum absolute atomic E-state index is 0.144. The molecule has 3 heteroatoms. The molecule has 2 atom stereocenters. The van der Waals surface area contributed by atoms with Crippen LogP contribution in [-0.4, -0.2) is 22.6 Å². The van der Waals surface area contributed by atoms with E-state index in [1.807, 2.05) is 43.9 Å². The average Bonchev–Trinajstić information content (AvgIpc) is 2.70. The van der Waals surface area contributed by atoms with Gasteiger partial charge in [0.2, 0.25) is 0 Å². The molecule has 0 spiro atoms. The summed E-state index contributed by atoms with van der Waals surface area (Å²) >= 11 is 0. The van der Waals surface area contributed by atoms with Crippen LogP contribution in [0.25, 0.3) is 0 Å². The number of carbonyl (C=O) groups excluding carboxylic acids is 1. The van der Waals surface area contributed by atoms with Gasteiger partial charge in [0, 0.05) is 6.04 Å². The van der Waals surface area contributed by atoms with E-state index in [1.54, 1.807) is 0 Å². The Balaban J connectivity index is 2.19. The molecule has 0 bridgehead atoms. The third kappa shape index (κ3) is 3.28. The van der Waals surface area contributed by atoms with E-state index in [-0.39, 0.29) is 18.2 Å². The molecule has 1 heterocycles. The van der Waals surface area contributed by atoms with Gasteiger partial charge in [-0.3, -0.25) is 4.90 Å². The summed E-state index contributed by atoms with van der Waals surface area (Å²) in [5.74, 6) is 0. The number of hydrogen-bond donors (Lipinski definition) is 0. The second-order valence-electron chi connectivity index (χ2n) is 6.24. The fourth-order valence-corrected chi connectivity index (χ4v) is 2.61. The van der Waals surface area contributed by atoms with Crippen molar-refractivity contribution in [2.45, 2.75) is 58.2 Å². The van der Waals surface area contributed by atoms with E-state index >= 15 is 0 Å². The molecule has 1 aliphatic heterocycles. The van der Waals surface area contributed by atoms with Crippen molar-refractivity contribution >= 4 is 6.09 Å². The quantitative estimate of drug-likeness (QED) is 0.760. The summed E-state index contributed by atoms with van der Waals surface area (Å²) in [6, 6.07) is 10.6. The number of amides is 1. The maximum atomic E-state index is 12.4. The van der Waals surface area contributed by atoms with E-state index in [2.05, 4.69) is 19.1 Å². The minimum atomic E-state index is -0.444. The van der Waals surface area contributed by atoms with Gasteiger partial charge in [-0.15, -0.1) is 0 Å². The van der Waals surface area contributed by atoms with Crippen molar-refractivity contribution in [3.63, 3.8) is 0 Å². The maximum absolute atomic E-state index is 12.4. The third-order valence-electron chi connectivity index (χ3n) is 3.46. The van der Waals surface area contributed by atoms with Gasteiger partial charge in [0.15, 0.2) is 0 Å². The summed E-state index contributed by atoms with van der Waals surface area (Å²) in [5, 5.41) is 0. The van der Waals surface area contributed by atoms with Crippen molar-refractivity contribution in [1.82, 2.24) is 4.90 Å². The number of ether oxygens (including phenoxy) is 1. The van der Waals surface area contributed by atoms with Gasteiger partial charge in [0.25, 0.3) is 0 Å². The molecule has 3 nitrogen and oxygen atoms in total. The number of carbonyl (C=O) groups is 1. The molecule has 1 aliphatic rings. The summed E-state index contributed by atoms with van der Waals surface area (Å²) in [7, 11) is 0. The number of nitrogens with zero attached hydrogens (tertiary/aromatic N) is 1. The molecule has 0 aromatic heterocycles. The molecule has 1 amide bonds. The smallest absolute Gasteiger partial charge is 0.411 e. The van der Waals surface area contributed by atoms with Crippen molar-refractivity contribution in [3.05, 3.63) is 35.9 Å². The average molecular weight is 261 g/mol. The molecular weight excluding hydrogens is 238 g/mol. The van der Waals surface area contributed by atoms with Crippen LogP contribution in [0, 0.1) is 0 Å². The zero-order valence-corrected chi connectivity index (χ0v) is 12.2. The Hall–Kier alpha value is -1.51. The van der Waals surface area contributed by atoms with Crippen LogP contribution in [0.1, 0.15) is 52.1 Å². The first-order valence-electron chi connectivity index (χ1n) is 6.95. The van der Waals surface area contributed by atoms with Crippen LogP contribution >= 0.6 is 0 Å². The molecule has 0 N–H and O–H groups in total. The van der Waals surface area contributed by atoms with Crippen LogP contribution in [0.5, 0.6) is 0 Å². The lowest BCUT2D eigenvalue weighted by atomic mass is 10.1. The summed E-state index contributed by atoms with van der Waals surface area (Å²) in [6.07, 6.45) is 1.83. The molecule has 0 radical (unpaired) electrons. The van der Waals surface area contributed by atoms with E-state index in [0.29, 0.717) is 0 Å². The van der Waals surface area contributed by atoms with Crippen LogP contribution in [0.2, 0.25) is 0 Å². The summed E-state index contributed by atoms with van der Waals surface area (Å²) in [5.41, 5.74) is 0.749. The highest BCUT2D eigenvalue weighted by molar-refractivity contribution is 5.69. The van der Waals surface area contributed by atoms with Gasteiger partial charge < -0.3 is 4.74 Å². The Bertz CT molecular complexity index is 436. The fraction of sp³-hybridized carbons (Fsp3) is 0.562. The van der Waals surface area contributed by atoms with E-state index < -0.39 is 5.60 Å². The highest BCUT2D eigenvalue weighted by Crippen LogP contribution is 2.36. The van der Waals surface area contributed by atoms with Gasteiger partial charge in [-0.25, -0.2) is 4.79 Å². The van der Waals surface area contributed by atoms with Gasteiger partial charge in [-0.1, -0.05) is 30.3 Å². The van der Waals surface area contributed by atoms with E-state index in [1.165, 1.54) is 5.56 Å². The second kappa shape index (κ2) is 5.24. The molecule has 1 aromatic carbocycles. The first-order valence-corrected chi connectivity index (χ1v) is 6.95.